The Morgan fingerprint density at radius 3 is 2.76 bits per heavy atom. The highest BCUT2D eigenvalue weighted by Crippen LogP contribution is 2.49. The summed E-state index contributed by atoms with van der Waals surface area (Å²) < 4.78 is 37.4. The van der Waals surface area contributed by atoms with Crippen molar-refractivity contribution in [1.29, 1.82) is 0 Å². The summed E-state index contributed by atoms with van der Waals surface area (Å²) in [7, 11) is 0. The first kappa shape index (κ1) is 17.8. The Bertz CT molecular complexity index is 689. The second-order valence-electron chi connectivity index (χ2n) is 6.73. The molecule has 2 amide bonds. The molecule has 3 rings (SSSR count). The second-order valence-corrected chi connectivity index (χ2v) is 6.73. The van der Waals surface area contributed by atoms with Crippen LogP contribution in [-0.2, 0) is 15.0 Å². The number of carbonyl (C=O) groups excluding carboxylic acids is 2. The summed E-state index contributed by atoms with van der Waals surface area (Å²) in [5.41, 5.74) is 0.739. The van der Waals surface area contributed by atoms with Gasteiger partial charge in [0.1, 0.15) is 0 Å². The van der Waals surface area contributed by atoms with E-state index in [4.69, 9.17) is 0 Å². The lowest BCUT2D eigenvalue weighted by atomic mass is 9.73. The van der Waals surface area contributed by atoms with Crippen LogP contribution in [0.5, 0.6) is 0 Å². The number of likely N-dealkylation sites (tertiary alicyclic amines) is 1. The predicted molar refractivity (Wildman–Crippen MR) is 87.1 cm³/mol. The van der Waals surface area contributed by atoms with Crippen LogP contribution in [-0.4, -0.2) is 35.5 Å². The number of nitrogens with one attached hydrogen (secondary N) is 1. The lowest BCUT2D eigenvalue weighted by Crippen LogP contribution is -2.48. The molecule has 2 aliphatic rings. The fourth-order valence-electron chi connectivity index (χ4n) is 4.17. The highest BCUT2D eigenvalue weighted by molar-refractivity contribution is 6.07. The SMILES string of the molecule is CCC[C@@H]1N(C(=O)CCC(F)(F)F)CC[C@]12C(=O)Nc1ccccc12. The molecule has 0 aliphatic carbocycles. The van der Waals surface area contributed by atoms with E-state index < -0.39 is 36.4 Å². The van der Waals surface area contributed by atoms with Gasteiger partial charge >= 0.3 is 6.18 Å². The molecule has 2 heterocycles. The van der Waals surface area contributed by atoms with Gasteiger partial charge in [0.25, 0.3) is 0 Å². The lowest BCUT2D eigenvalue weighted by molar-refractivity contribution is -0.150. The summed E-state index contributed by atoms with van der Waals surface area (Å²) in [6.07, 6.45) is -4.28. The molecule has 136 valence electrons. The monoisotopic (exact) mass is 354 g/mol. The number of nitrogens with zero attached hydrogens (tertiary/aromatic N) is 1. The number of rotatable bonds is 4. The largest absolute Gasteiger partial charge is 0.389 e. The van der Waals surface area contributed by atoms with Gasteiger partial charge in [-0.25, -0.2) is 0 Å². The normalized spacial score (nSPS) is 25.4. The molecule has 2 aliphatic heterocycles. The minimum absolute atomic E-state index is 0.154. The minimum atomic E-state index is -4.36. The van der Waals surface area contributed by atoms with Crippen LogP contribution in [0.15, 0.2) is 24.3 Å². The van der Waals surface area contributed by atoms with Crippen molar-refractivity contribution in [2.24, 2.45) is 0 Å². The number of hydrogen-bond donors (Lipinski definition) is 1. The zero-order chi connectivity index (χ0) is 18.2. The van der Waals surface area contributed by atoms with E-state index in [1.807, 2.05) is 31.2 Å². The molecule has 2 atom stereocenters. The van der Waals surface area contributed by atoms with Crippen LogP contribution in [0.4, 0.5) is 18.9 Å². The van der Waals surface area contributed by atoms with E-state index in [1.165, 1.54) is 4.90 Å². The van der Waals surface area contributed by atoms with E-state index in [0.29, 0.717) is 19.4 Å². The van der Waals surface area contributed by atoms with Gasteiger partial charge in [-0.05, 0) is 24.5 Å². The molecule has 7 heteroatoms. The Morgan fingerprint density at radius 1 is 1.36 bits per heavy atom. The molecule has 0 unspecified atom stereocenters. The molecule has 0 bridgehead atoms. The van der Waals surface area contributed by atoms with Crippen LogP contribution >= 0.6 is 0 Å². The summed E-state index contributed by atoms with van der Waals surface area (Å²) >= 11 is 0. The molecule has 1 aromatic carbocycles. The maximum atomic E-state index is 12.8. The highest BCUT2D eigenvalue weighted by Gasteiger charge is 2.58. The molecule has 25 heavy (non-hydrogen) atoms. The van der Waals surface area contributed by atoms with Crippen molar-refractivity contribution in [1.82, 2.24) is 4.90 Å². The first-order chi connectivity index (χ1) is 11.8. The molecular formula is C18H21F3N2O2. The van der Waals surface area contributed by atoms with E-state index in [1.54, 1.807) is 0 Å². The maximum Gasteiger partial charge on any atom is 0.389 e. The maximum absolute atomic E-state index is 12.8. The molecule has 0 aromatic heterocycles. The Labute approximate surface area is 144 Å². The summed E-state index contributed by atoms with van der Waals surface area (Å²) in [5.74, 6) is -0.678. The molecule has 1 saturated heterocycles. The van der Waals surface area contributed by atoms with Gasteiger partial charge in [-0.1, -0.05) is 31.5 Å². The van der Waals surface area contributed by atoms with Crippen molar-refractivity contribution in [2.75, 3.05) is 11.9 Å². The number of anilines is 1. The highest BCUT2D eigenvalue weighted by atomic mass is 19.4. The van der Waals surface area contributed by atoms with E-state index in [-0.39, 0.29) is 5.91 Å². The zero-order valence-electron chi connectivity index (χ0n) is 14.0. The Hall–Kier alpha value is -2.05. The van der Waals surface area contributed by atoms with Gasteiger partial charge in [0.05, 0.1) is 17.9 Å². The lowest BCUT2D eigenvalue weighted by Gasteiger charge is -2.34. The molecule has 1 fully saturated rings. The first-order valence-electron chi connectivity index (χ1n) is 8.57. The second kappa shape index (κ2) is 6.35. The average Bonchev–Trinajstić information content (AvgIpc) is 3.06. The minimum Gasteiger partial charge on any atom is -0.338 e. The summed E-state index contributed by atoms with van der Waals surface area (Å²) in [6.45, 7) is 2.26. The van der Waals surface area contributed by atoms with Gasteiger partial charge in [0, 0.05) is 18.7 Å². The molecule has 0 saturated carbocycles. The van der Waals surface area contributed by atoms with Gasteiger partial charge in [-0.2, -0.15) is 13.2 Å². The Kier molecular flexibility index (Phi) is 4.51. The van der Waals surface area contributed by atoms with Gasteiger partial charge in [0.2, 0.25) is 11.8 Å². The van der Waals surface area contributed by atoms with Crippen LogP contribution in [0.2, 0.25) is 0 Å². The molecule has 1 spiro atoms. The van der Waals surface area contributed by atoms with Crippen molar-refractivity contribution in [2.45, 2.75) is 56.7 Å². The fourth-order valence-corrected chi connectivity index (χ4v) is 4.17. The summed E-state index contributed by atoms with van der Waals surface area (Å²) in [4.78, 5) is 26.7. The van der Waals surface area contributed by atoms with Crippen LogP contribution in [0.1, 0.15) is 44.6 Å². The van der Waals surface area contributed by atoms with Gasteiger partial charge < -0.3 is 10.2 Å². The topological polar surface area (TPSA) is 49.4 Å². The third-order valence-corrected chi connectivity index (χ3v) is 5.26. The van der Waals surface area contributed by atoms with E-state index in [9.17, 15) is 22.8 Å². The van der Waals surface area contributed by atoms with E-state index >= 15 is 0 Å². The molecule has 1 aromatic rings. The van der Waals surface area contributed by atoms with E-state index in [0.717, 1.165) is 17.7 Å². The van der Waals surface area contributed by atoms with Crippen molar-refractivity contribution in [3.63, 3.8) is 0 Å². The number of para-hydroxylation sites is 1. The number of alkyl halides is 3. The van der Waals surface area contributed by atoms with Gasteiger partial charge in [-0.3, -0.25) is 9.59 Å². The molecule has 4 nitrogen and oxygen atoms in total. The summed E-state index contributed by atoms with van der Waals surface area (Å²) in [5, 5.41) is 2.88. The van der Waals surface area contributed by atoms with Crippen molar-refractivity contribution in [3.05, 3.63) is 29.8 Å². The van der Waals surface area contributed by atoms with E-state index in [2.05, 4.69) is 5.32 Å². The number of halogens is 3. The quantitative estimate of drug-likeness (QED) is 0.898. The van der Waals surface area contributed by atoms with Crippen molar-refractivity contribution < 1.29 is 22.8 Å². The first-order valence-corrected chi connectivity index (χ1v) is 8.57. The molecular weight excluding hydrogens is 333 g/mol. The molecule has 0 radical (unpaired) electrons. The predicted octanol–water partition coefficient (Wildman–Crippen LogP) is 3.62. The number of hydrogen-bond acceptors (Lipinski definition) is 2. The molecule has 1 N–H and O–H groups in total. The van der Waals surface area contributed by atoms with Gasteiger partial charge in [-0.15, -0.1) is 0 Å². The fraction of sp³-hybridized carbons (Fsp3) is 0.556. The van der Waals surface area contributed by atoms with Crippen LogP contribution in [0.25, 0.3) is 0 Å². The Morgan fingerprint density at radius 2 is 2.08 bits per heavy atom. The number of benzene rings is 1. The number of amides is 2. The summed E-state index contributed by atoms with van der Waals surface area (Å²) in [6, 6.07) is 6.96. The smallest absolute Gasteiger partial charge is 0.338 e. The van der Waals surface area contributed by atoms with Crippen LogP contribution in [0.3, 0.4) is 0 Å². The van der Waals surface area contributed by atoms with Crippen LogP contribution < -0.4 is 5.32 Å². The third kappa shape index (κ3) is 3.00. The Balaban J connectivity index is 1.90. The van der Waals surface area contributed by atoms with Crippen molar-refractivity contribution in [3.8, 4) is 0 Å². The number of fused-ring (bicyclic) bond motifs is 2. The standard InChI is InChI=1S/C18H21F3N2O2/c1-2-5-14-17(12-6-3-4-7-13(12)22-16(17)25)10-11-23(14)15(24)8-9-18(19,20)21/h3-4,6-7,14H,2,5,8-11H2,1H3,(H,22,25)/t14-,17+/m0/s1. The van der Waals surface area contributed by atoms with Gasteiger partial charge in [0.15, 0.2) is 0 Å². The van der Waals surface area contributed by atoms with Crippen molar-refractivity contribution >= 4 is 17.5 Å². The number of carbonyl (C=O) groups is 2. The third-order valence-electron chi connectivity index (χ3n) is 5.26. The average molecular weight is 354 g/mol. The zero-order valence-corrected chi connectivity index (χ0v) is 14.0. The van der Waals surface area contributed by atoms with Crippen LogP contribution in [0, 0.1) is 0 Å².